The molecule has 0 aliphatic rings. The van der Waals surface area contributed by atoms with Gasteiger partial charge < -0.3 is 8.83 Å². The molecule has 0 aliphatic carbocycles. The molecule has 7 heteroatoms. The van der Waals surface area contributed by atoms with Gasteiger partial charge in [0.1, 0.15) is 16.7 Å². The predicted octanol–water partition coefficient (Wildman–Crippen LogP) is 11.9. The highest BCUT2D eigenvalue weighted by Crippen LogP contribution is 2.40. The third-order valence-corrected chi connectivity index (χ3v) is 10.1. The summed E-state index contributed by atoms with van der Waals surface area (Å²) in [4.78, 5) is 24.4. The van der Waals surface area contributed by atoms with Crippen LogP contribution in [0.4, 0.5) is 0 Å². The first kappa shape index (κ1) is 30.1. The molecule has 0 amide bonds. The van der Waals surface area contributed by atoms with Gasteiger partial charge in [0.2, 0.25) is 5.89 Å². The standard InChI is InChI=1S/C47H27N5O2/c1-2-15-32-28(10-1)11-8-19-36(32)46-51-44(50-45(52-46)31-14-9-25-48-27-31)30-13-7-12-29(26-30)33-21-22-37(35-17-4-3-16-34(33)35)47-49-39-23-24-41-42(43(39)54-47)38-18-5-6-20-40(38)53-41/h1-27H. The van der Waals surface area contributed by atoms with Crippen molar-refractivity contribution in [1.29, 1.82) is 0 Å². The number of oxazole rings is 1. The minimum absolute atomic E-state index is 0.563. The van der Waals surface area contributed by atoms with Crippen molar-refractivity contribution in [1.82, 2.24) is 24.9 Å². The Hall–Kier alpha value is -7.51. The van der Waals surface area contributed by atoms with E-state index < -0.39 is 0 Å². The summed E-state index contributed by atoms with van der Waals surface area (Å²) in [7, 11) is 0. The molecule has 4 heterocycles. The average molecular weight is 694 g/mol. The van der Waals surface area contributed by atoms with Crippen molar-refractivity contribution >= 4 is 54.6 Å². The third kappa shape index (κ3) is 4.87. The maximum absolute atomic E-state index is 6.59. The number of nitrogens with zero attached hydrogens (tertiary/aromatic N) is 5. The van der Waals surface area contributed by atoms with Crippen LogP contribution >= 0.6 is 0 Å². The highest BCUT2D eigenvalue weighted by molar-refractivity contribution is 6.16. The summed E-state index contributed by atoms with van der Waals surface area (Å²) in [5.74, 6) is 2.32. The predicted molar refractivity (Wildman–Crippen MR) is 215 cm³/mol. The van der Waals surface area contributed by atoms with Gasteiger partial charge in [0.25, 0.3) is 0 Å². The van der Waals surface area contributed by atoms with Gasteiger partial charge in [-0.2, -0.15) is 0 Å². The zero-order valence-corrected chi connectivity index (χ0v) is 28.6. The summed E-state index contributed by atoms with van der Waals surface area (Å²) in [6.07, 6.45) is 3.54. The lowest BCUT2D eigenvalue weighted by molar-refractivity contribution is 0.623. The average Bonchev–Trinajstić information content (AvgIpc) is 3.85. The van der Waals surface area contributed by atoms with E-state index in [4.69, 9.17) is 28.8 Å². The summed E-state index contributed by atoms with van der Waals surface area (Å²) in [6, 6.07) is 51.3. The van der Waals surface area contributed by atoms with Crippen molar-refractivity contribution in [3.63, 3.8) is 0 Å². The lowest BCUT2D eigenvalue weighted by atomic mass is 9.94. The Labute approximate surface area is 308 Å². The van der Waals surface area contributed by atoms with E-state index >= 15 is 0 Å². The minimum atomic E-state index is 0.563. The molecule has 0 radical (unpaired) electrons. The van der Waals surface area contributed by atoms with Gasteiger partial charge in [-0.1, -0.05) is 109 Å². The third-order valence-electron chi connectivity index (χ3n) is 10.1. The van der Waals surface area contributed by atoms with E-state index in [0.29, 0.717) is 23.4 Å². The summed E-state index contributed by atoms with van der Waals surface area (Å²) in [5.41, 5.74) is 8.79. The van der Waals surface area contributed by atoms with Crippen molar-refractivity contribution < 1.29 is 8.83 Å². The van der Waals surface area contributed by atoms with Gasteiger partial charge in [0.05, 0.1) is 5.39 Å². The molecular formula is C47H27N5O2. The number of aromatic nitrogens is 5. The van der Waals surface area contributed by atoms with Crippen LogP contribution in [0.15, 0.2) is 173 Å². The molecule has 4 aromatic heterocycles. The molecule has 11 rings (SSSR count). The van der Waals surface area contributed by atoms with E-state index in [0.717, 1.165) is 88.0 Å². The first-order valence-corrected chi connectivity index (χ1v) is 17.7. The monoisotopic (exact) mass is 693 g/mol. The van der Waals surface area contributed by atoms with Crippen LogP contribution < -0.4 is 0 Å². The molecule has 0 saturated carbocycles. The van der Waals surface area contributed by atoms with E-state index in [-0.39, 0.29) is 0 Å². The molecular weight excluding hydrogens is 667 g/mol. The summed E-state index contributed by atoms with van der Waals surface area (Å²) in [6.45, 7) is 0. The van der Waals surface area contributed by atoms with E-state index in [1.54, 1.807) is 12.4 Å². The molecule has 0 atom stereocenters. The molecule has 0 unspecified atom stereocenters. The van der Waals surface area contributed by atoms with E-state index in [1.807, 2.05) is 66.7 Å². The van der Waals surface area contributed by atoms with Crippen molar-refractivity contribution in [2.24, 2.45) is 0 Å². The Bertz CT molecular complexity index is 3230. The number of hydrogen-bond acceptors (Lipinski definition) is 7. The molecule has 0 bridgehead atoms. The molecule has 54 heavy (non-hydrogen) atoms. The number of hydrogen-bond donors (Lipinski definition) is 0. The Morgan fingerprint density at radius 1 is 0.407 bits per heavy atom. The smallest absolute Gasteiger partial charge is 0.227 e. The molecule has 252 valence electrons. The number of furan rings is 1. The number of benzene rings is 7. The van der Waals surface area contributed by atoms with Gasteiger partial charge in [-0.25, -0.2) is 19.9 Å². The van der Waals surface area contributed by atoms with E-state index in [2.05, 4.69) is 89.9 Å². The fourth-order valence-electron chi connectivity index (χ4n) is 7.54. The van der Waals surface area contributed by atoms with Crippen LogP contribution in [0, 0.1) is 0 Å². The van der Waals surface area contributed by atoms with Gasteiger partial charge in [0.15, 0.2) is 23.1 Å². The molecule has 0 fully saturated rings. The fourth-order valence-corrected chi connectivity index (χ4v) is 7.54. The number of fused-ring (bicyclic) bond motifs is 7. The molecule has 7 nitrogen and oxygen atoms in total. The van der Waals surface area contributed by atoms with Crippen LogP contribution in [0.5, 0.6) is 0 Å². The van der Waals surface area contributed by atoms with Crippen LogP contribution in [0.1, 0.15) is 0 Å². The Morgan fingerprint density at radius 3 is 1.96 bits per heavy atom. The normalized spacial score (nSPS) is 11.7. The fraction of sp³-hybridized carbons (Fsp3) is 0. The van der Waals surface area contributed by atoms with Crippen LogP contribution in [-0.2, 0) is 0 Å². The van der Waals surface area contributed by atoms with E-state index in [1.165, 1.54) is 0 Å². The van der Waals surface area contributed by atoms with Crippen LogP contribution in [0.3, 0.4) is 0 Å². The minimum Gasteiger partial charge on any atom is -0.456 e. The number of rotatable bonds is 5. The Morgan fingerprint density at radius 2 is 1.09 bits per heavy atom. The number of pyridine rings is 1. The van der Waals surface area contributed by atoms with Crippen molar-refractivity contribution in [3.8, 4) is 56.7 Å². The van der Waals surface area contributed by atoms with Crippen molar-refractivity contribution in [3.05, 3.63) is 164 Å². The first-order chi connectivity index (χ1) is 26.7. The largest absolute Gasteiger partial charge is 0.456 e. The lowest BCUT2D eigenvalue weighted by Crippen LogP contribution is -2.01. The highest BCUT2D eigenvalue weighted by Gasteiger charge is 2.20. The Kier molecular flexibility index (Phi) is 6.72. The van der Waals surface area contributed by atoms with Gasteiger partial charge in [-0.3, -0.25) is 4.98 Å². The molecule has 11 aromatic rings. The number of para-hydroxylation sites is 1. The van der Waals surface area contributed by atoms with Gasteiger partial charge >= 0.3 is 0 Å². The highest BCUT2D eigenvalue weighted by atomic mass is 16.4. The summed E-state index contributed by atoms with van der Waals surface area (Å²) < 4.78 is 12.7. The second-order valence-electron chi connectivity index (χ2n) is 13.3. The van der Waals surface area contributed by atoms with Crippen molar-refractivity contribution in [2.75, 3.05) is 0 Å². The second kappa shape index (κ2) is 12.0. The van der Waals surface area contributed by atoms with E-state index in [9.17, 15) is 0 Å². The Balaban J connectivity index is 1.05. The molecule has 0 N–H and O–H groups in total. The second-order valence-corrected chi connectivity index (χ2v) is 13.3. The maximum Gasteiger partial charge on any atom is 0.227 e. The van der Waals surface area contributed by atoms with Gasteiger partial charge in [-0.05, 0) is 75.1 Å². The molecule has 0 aliphatic heterocycles. The summed E-state index contributed by atoms with van der Waals surface area (Å²) in [5, 5.41) is 6.27. The zero-order chi connectivity index (χ0) is 35.6. The summed E-state index contributed by atoms with van der Waals surface area (Å²) >= 11 is 0. The zero-order valence-electron chi connectivity index (χ0n) is 28.6. The van der Waals surface area contributed by atoms with Gasteiger partial charge in [0, 0.05) is 40.0 Å². The van der Waals surface area contributed by atoms with Gasteiger partial charge in [-0.15, -0.1) is 0 Å². The van der Waals surface area contributed by atoms with Crippen LogP contribution in [-0.4, -0.2) is 24.9 Å². The SMILES string of the molecule is c1cncc(-c2nc(-c3cccc(-c4ccc(-c5nc6ccc7oc8ccccc8c7c6o5)c5ccccc45)c3)nc(-c3cccc4ccccc34)n2)c1. The first-order valence-electron chi connectivity index (χ1n) is 17.7. The van der Waals surface area contributed by atoms with Crippen molar-refractivity contribution in [2.45, 2.75) is 0 Å². The quantitative estimate of drug-likeness (QED) is 0.177. The molecule has 0 spiro atoms. The van der Waals surface area contributed by atoms with Crippen LogP contribution in [0.25, 0.3) is 111 Å². The molecule has 0 saturated heterocycles. The molecule has 7 aromatic carbocycles. The lowest BCUT2D eigenvalue weighted by Gasteiger charge is -2.12. The van der Waals surface area contributed by atoms with Crippen LogP contribution in [0.2, 0.25) is 0 Å². The topological polar surface area (TPSA) is 90.7 Å². The maximum atomic E-state index is 6.59.